The van der Waals surface area contributed by atoms with Gasteiger partial charge in [0.05, 0.1) is 6.04 Å². The Labute approximate surface area is 83.6 Å². The molecule has 0 saturated heterocycles. The molecule has 2 nitrogen and oxygen atoms in total. The topological polar surface area (TPSA) is 35.2 Å². The second-order valence-corrected chi connectivity index (χ2v) is 2.88. The molecule has 0 fully saturated rings. The van der Waals surface area contributed by atoms with E-state index in [9.17, 15) is 17.6 Å². The molecule has 2 N–H and O–H groups in total. The average Bonchev–Trinajstić information content (AvgIpc) is 2.15. The van der Waals surface area contributed by atoms with Crippen LogP contribution in [-0.2, 0) is 0 Å². The lowest BCUT2D eigenvalue weighted by Gasteiger charge is -2.10. The minimum atomic E-state index is -4.72. The van der Waals surface area contributed by atoms with Gasteiger partial charge in [-0.1, -0.05) is 12.1 Å². The largest absolute Gasteiger partial charge is 0.573 e. The lowest BCUT2D eigenvalue weighted by molar-refractivity contribution is -0.274. The molecular formula is C9H9F4NO. The third-order valence-corrected chi connectivity index (χ3v) is 1.71. The number of rotatable bonds is 3. The van der Waals surface area contributed by atoms with Crippen LogP contribution in [-0.4, -0.2) is 13.0 Å². The highest BCUT2D eigenvalue weighted by Crippen LogP contribution is 2.23. The molecule has 0 spiro atoms. The van der Waals surface area contributed by atoms with Crippen LogP contribution >= 0.6 is 0 Å². The molecule has 0 heterocycles. The molecule has 0 aromatic heterocycles. The van der Waals surface area contributed by atoms with Crippen LogP contribution < -0.4 is 10.5 Å². The van der Waals surface area contributed by atoms with Crippen molar-refractivity contribution in [1.82, 2.24) is 0 Å². The summed E-state index contributed by atoms with van der Waals surface area (Å²) in [7, 11) is 0. The van der Waals surface area contributed by atoms with Gasteiger partial charge in [-0.3, -0.25) is 0 Å². The van der Waals surface area contributed by atoms with Gasteiger partial charge in [-0.15, -0.1) is 13.2 Å². The summed E-state index contributed by atoms with van der Waals surface area (Å²) in [6.07, 6.45) is -4.72. The molecule has 84 valence electrons. The summed E-state index contributed by atoms with van der Waals surface area (Å²) < 4.78 is 51.0. The predicted molar refractivity (Wildman–Crippen MR) is 46.0 cm³/mol. The van der Waals surface area contributed by atoms with Crippen molar-refractivity contribution in [2.75, 3.05) is 6.67 Å². The number of hydrogen-bond donors (Lipinski definition) is 1. The quantitative estimate of drug-likeness (QED) is 0.799. The van der Waals surface area contributed by atoms with E-state index < -0.39 is 19.1 Å². The maximum absolute atomic E-state index is 12.1. The van der Waals surface area contributed by atoms with Gasteiger partial charge in [0.2, 0.25) is 0 Å². The molecule has 0 bridgehead atoms. The minimum absolute atomic E-state index is 0.350. The molecular weight excluding hydrogens is 214 g/mol. The monoisotopic (exact) mass is 223 g/mol. The Balaban J connectivity index is 2.72. The first-order valence-electron chi connectivity index (χ1n) is 4.09. The van der Waals surface area contributed by atoms with Gasteiger partial charge in [-0.05, 0) is 17.7 Å². The Hall–Kier alpha value is -1.30. The van der Waals surface area contributed by atoms with Gasteiger partial charge < -0.3 is 10.5 Å². The molecule has 1 atom stereocenters. The van der Waals surface area contributed by atoms with Gasteiger partial charge in [-0.2, -0.15) is 0 Å². The zero-order valence-corrected chi connectivity index (χ0v) is 7.59. The van der Waals surface area contributed by atoms with Gasteiger partial charge in [-0.25, -0.2) is 4.39 Å². The minimum Gasteiger partial charge on any atom is -0.406 e. The van der Waals surface area contributed by atoms with Crippen molar-refractivity contribution in [2.45, 2.75) is 12.4 Å². The number of nitrogens with two attached hydrogens (primary N) is 1. The van der Waals surface area contributed by atoms with E-state index in [-0.39, 0.29) is 5.75 Å². The van der Waals surface area contributed by atoms with Crippen molar-refractivity contribution in [2.24, 2.45) is 5.73 Å². The lowest BCUT2D eigenvalue weighted by atomic mass is 10.1. The fourth-order valence-electron chi connectivity index (χ4n) is 1.01. The maximum Gasteiger partial charge on any atom is 0.573 e. The van der Waals surface area contributed by atoms with Crippen LogP contribution in [0.2, 0.25) is 0 Å². The van der Waals surface area contributed by atoms with Crippen LogP contribution in [0.4, 0.5) is 17.6 Å². The third kappa shape index (κ3) is 3.75. The molecule has 0 aliphatic rings. The molecule has 1 aromatic rings. The first kappa shape index (κ1) is 11.8. The van der Waals surface area contributed by atoms with Gasteiger partial charge in [0.1, 0.15) is 12.4 Å². The molecule has 6 heteroatoms. The van der Waals surface area contributed by atoms with Crippen molar-refractivity contribution in [3.05, 3.63) is 29.8 Å². The second-order valence-electron chi connectivity index (χ2n) is 2.88. The highest BCUT2D eigenvalue weighted by atomic mass is 19.4. The Morgan fingerprint density at radius 2 is 1.73 bits per heavy atom. The fraction of sp³-hybridized carbons (Fsp3) is 0.333. The van der Waals surface area contributed by atoms with Crippen LogP contribution in [0.3, 0.4) is 0 Å². The van der Waals surface area contributed by atoms with Gasteiger partial charge in [0.15, 0.2) is 0 Å². The van der Waals surface area contributed by atoms with Crippen molar-refractivity contribution >= 4 is 0 Å². The Kier molecular flexibility index (Phi) is 3.52. The number of benzene rings is 1. The first-order valence-corrected chi connectivity index (χ1v) is 4.09. The second kappa shape index (κ2) is 4.48. The summed E-state index contributed by atoms with van der Waals surface area (Å²) >= 11 is 0. The molecule has 0 aliphatic carbocycles. The van der Waals surface area contributed by atoms with Crippen molar-refractivity contribution in [3.63, 3.8) is 0 Å². The van der Waals surface area contributed by atoms with Gasteiger partial charge >= 0.3 is 6.36 Å². The molecule has 0 amide bonds. The van der Waals surface area contributed by atoms with Crippen molar-refractivity contribution < 1.29 is 22.3 Å². The van der Waals surface area contributed by atoms with E-state index in [0.29, 0.717) is 5.56 Å². The van der Waals surface area contributed by atoms with Crippen LogP contribution in [0.5, 0.6) is 5.75 Å². The van der Waals surface area contributed by atoms with E-state index in [1.54, 1.807) is 0 Å². The fourth-order valence-corrected chi connectivity index (χ4v) is 1.01. The van der Waals surface area contributed by atoms with Crippen LogP contribution in [0.1, 0.15) is 11.6 Å². The third-order valence-electron chi connectivity index (χ3n) is 1.71. The number of hydrogen-bond acceptors (Lipinski definition) is 2. The molecule has 0 saturated carbocycles. The summed E-state index contributed by atoms with van der Waals surface area (Å²) in [5.74, 6) is -0.350. The van der Waals surface area contributed by atoms with E-state index in [4.69, 9.17) is 5.73 Å². The summed E-state index contributed by atoms with van der Waals surface area (Å²) in [5, 5.41) is 0. The highest BCUT2D eigenvalue weighted by Gasteiger charge is 2.30. The Morgan fingerprint density at radius 3 is 2.13 bits per heavy atom. The Bertz CT molecular complexity index is 309. The summed E-state index contributed by atoms with van der Waals surface area (Å²) in [6, 6.07) is 3.97. The van der Waals surface area contributed by atoms with Crippen molar-refractivity contribution in [1.29, 1.82) is 0 Å². The normalized spacial score (nSPS) is 13.7. The van der Waals surface area contributed by atoms with Crippen molar-refractivity contribution in [3.8, 4) is 5.75 Å². The van der Waals surface area contributed by atoms with E-state index in [0.717, 1.165) is 12.1 Å². The van der Waals surface area contributed by atoms with Crippen LogP contribution in [0.25, 0.3) is 0 Å². The summed E-state index contributed by atoms with van der Waals surface area (Å²) in [6.45, 7) is -0.764. The van der Waals surface area contributed by atoms with Gasteiger partial charge in [0, 0.05) is 0 Å². The number of halogens is 4. The highest BCUT2D eigenvalue weighted by molar-refractivity contribution is 5.29. The smallest absolute Gasteiger partial charge is 0.406 e. The first-order chi connectivity index (χ1) is 6.92. The standard InChI is InChI=1S/C9H9F4NO/c10-5-8(14)6-1-3-7(4-2-6)15-9(11,12)13/h1-4,8H,5,14H2/t8-/m1/s1. The molecule has 1 rings (SSSR count). The maximum atomic E-state index is 12.1. The molecule has 15 heavy (non-hydrogen) atoms. The Morgan fingerprint density at radius 1 is 1.20 bits per heavy atom. The molecule has 0 radical (unpaired) electrons. The van der Waals surface area contributed by atoms with E-state index in [1.807, 2.05) is 0 Å². The predicted octanol–water partition coefficient (Wildman–Crippen LogP) is 2.55. The van der Waals surface area contributed by atoms with E-state index >= 15 is 0 Å². The lowest BCUT2D eigenvalue weighted by Crippen LogP contribution is -2.17. The zero-order valence-electron chi connectivity index (χ0n) is 7.59. The van der Waals surface area contributed by atoms with E-state index in [1.165, 1.54) is 12.1 Å². The number of ether oxygens (including phenoxy) is 1. The summed E-state index contributed by atoms with van der Waals surface area (Å²) in [4.78, 5) is 0. The molecule has 1 aromatic carbocycles. The molecule has 0 unspecified atom stereocenters. The van der Waals surface area contributed by atoms with Crippen LogP contribution in [0.15, 0.2) is 24.3 Å². The SMILES string of the molecule is N[C@H](CF)c1ccc(OC(F)(F)F)cc1. The van der Waals surface area contributed by atoms with Gasteiger partial charge in [0.25, 0.3) is 0 Å². The molecule has 0 aliphatic heterocycles. The van der Waals surface area contributed by atoms with Crippen LogP contribution in [0, 0.1) is 0 Å². The number of alkyl halides is 4. The van der Waals surface area contributed by atoms with E-state index in [2.05, 4.69) is 4.74 Å². The zero-order chi connectivity index (χ0) is 11.5. The average molecular weight is 223 g/mol. The summed E-state index contributed by atoms with van der Waals surface area (Å²) in [5.41, 5.74) is 5.76.